The van der Waals surface area contributed by atoms with E-state index in [1.54, 1.807) is 13.1 Å². The first-order chi connectivity index (χ1) is 13.9. The van der Waals surface area contributed by atoms with Crippen LogP contribution in [0, 0.1) is 6.92 Å². The third-order valence-corrected chi connectivity index (χ3v) is 3.29. The van der Waals surface area contributed by atoms with Gasteiger partial charge in [0.1, 0.15) is 0 Å². The predicted octanol–water partition coefficient (Wildman–Crippen LogP) is 8.09. The second-order valence-corrected chi connectivity index (χ2v) is 5.80. The molecule has 0 unspecified atom stereocenters. The molecule has 1 aromatic heterocycles. The molecular formula is C26H45N3. The topological polar surface area (TPSA) is 37.3 Å². The van der Waals surface area contributed by atoms with Crippen LogP contribution >= 0.6 is 0 Å². The lowest BCUT2D eigenvalue weighted by molar-refractivity contribution is 1.09. The van der Waals surface area contributed by atoms with E-state index in [0.717, 1.165) is 39.5 Å². The Morgan fingerprint density at radius 3 is 2.07 bits per heavy atom. The summed E-state index contributed by atoms with van der Waals surface area (Å²) in [6.45, 7) is 28.1. The Balaban J connectivity index is -0.000000856. The molecule has 0 spiro atoms. The van der Waals surface area contributed by atoms with Gasteiger partial charge >= 0.3 is 0 Å². The van der Waals surface area contributed by atoms with Crippen molar-refractivity contribution in [1.29, 1.82) is 0 Å². The Morgan fingerprint density at radius 2 is 1.69 bits per heavy atom. The summed E-state index contributed by atoms with van der Waals surface area (Å²) in [6, 6.07) is 2.06. The van der Waals surface area contributed by atoms with Crippen molar-refractivity contribution in [2.24, 2.45) is 4.99 Å². The van der Waals surface area contributed by atoms with Crippen molar-refractivity contribution in [3.63, 3.8) is 0 Å². The summed E-state index contributed by atoms with van der Waals surface area (Å²) in [6.07, 6.45) is 9.01. The first-order valence-electron chi connectivity index (χ1n) is 10.7. The Hall–Kier alpha value is -2.42. The van der Waals surface area contributed by atoms with Gasteiger partial charge in [-0.1, -0.05) is 79.3 Å². The Bertz CT molecular complexity index is 677. The van der Waals surface area contributed by atoms with E-state index in [0.29, 0.717) is 0 Å². The van der Waals surface area contributed by atoms with E-state index >= 15 is 0 Å². The monoisotopic (exact) mass is 399 g/mol. The van der Waals surface area contributed by atoms with E-state index in [-0.39, 0.29) is 0 Å². The molecule has 29 heavy (non-hydrogen) atoms. The lowest BCUT2D eigenvalue weighted by atomic mass is 9.98. The molecule has 0 radical (unpaired) electrons. The zero-order chi connectivity index (χ0) is 23.4. The molecule has 0 fully saturated rings. The van der Waals surface area contributed by atoms with Gasteiger partial charge in [0.25, 0.3) is 0 Å². The van der Waals surface area contributed by atoms with Crippen LogP contribution in [0.5, 0.6) is 0 Å². The number of allylic oxidation sites excluding steroid dienone is 4. The molecule has 0 amide bonds. The minimum absolute atomic E-state index is 0.836. The van der Waals surface area contributed by atoms with E-state index < -0.39 is 0 Å². The van der Waals surface area contributed by atoms with Gasteiger partial charge in [0.15, 0.2) is 0 Å². The molecule has 1 aromatic rings. The summed E-state index contributed by atoms with van der Waals surface area (Å²) in [5.74, 6) is 0.836. The van der Waals surface area contributed by atoms with Crippen LogP contribution in [-0.2, 0) is 0 Å². The van der Waals surface area contributed by atoms with Gasteiger partial charge in [-0.25, -0.2) is 0 Å². The van der Waals surface area contributed by atoms with Gasteiger partial charge in [0, 0.05) is 30.1 Å². The van der Waals surface area contributed by atoms with E-state index in [1.807, 2.05) is 67.7 Å². The van der Waals surface area contributed by atoms with Gasteiger partial charge in [0.2, 0.25) is 0 Å². The fourth-order valence-electron chi connectivity index (χ4n) is 2.20. The third kappa shape index (κ3) is 12.6. The number of hydrogen-bond donors (Lipinski definition) is 1. The summed E-state index contributed by atoms with van der Waals surface area (Å²) < 4.78 is 0. The Kier molecular flexibility index (Phi) is 21.9. The molecule has 164 valence electrons. The number of pyridine rings is 1. The molecule has 0 bridgehead atoms. The van der Waals surface area contributed by atoms with E-state index in [9.17, 15) is 0 Å². The number of amidine groups is 1. The normalized spacial score (nSPS) is 10.6. The second kappa shape index (κ2) is 20.3. The van der Waals surface area contributed by atoms with Crippen LogP contribution in [0.4, 0.5) is 0 Å². The summed E-state index contributed by atoms with van der Waals surface area (Å²) in [7, 11) is 1.75. The maximum Gasteiger partial charge on any atom is 0.0967 e. The molecule has 0 atom stereocenters. The van der Waals surface area contributed by atoms with E-state index in [4.69, 9.17) is 4.98 Å². The quantitative estimate of drug-likeness (QED) is 0.308. The number of hydrogen-bond acceptors (Lipinski definition) is 2. The van der Waals surface area contributed by atoms with Crippen molar-refractivity contribution in [3.05, 3.63) is 60.1 Å². The Labute approximate surface area is 181 Å². The molecule has 0 aromatic carbocycles. The number of rotatable bonds is 5. The number of nitrogens with one attached hydrogen (secondary N) is 1. The van der Waals surface area contributed by atoms with Gasteiger partial charge < -0.3 is 5.32 Å². The van der Waals surface area contributed by atoms with Crippen molar-refractivity contribution in [2.45, 2.75) is 75.7 Å². The summed E-state index contributed by atoms with van der Waals surface area (Å²) >= 11 is 0. The first kappa shape index (κ1) is 31.3. The van der Waals surface area contributed by atoms with Crippen molar-refractivity contribution in [1.82, 2.24) is 10.3 Å². The number of nitrogens with zero attached hydrogens (tertiary/aromatic N) is 2. The second-order valence-electron chi connectivity index (χ2n) is 5.80. The average Bonchev–Trinajstić information content (AvgIpc) is 2.71. The molecule has 0 saturated carbocycles. The van der Waals surface area contributed by atoms with Crippen LogP contribution in [0.2, 0.25) is 0 Å². The summed E-state index contributed by atoms with van der Waals surface area (Å²) in [5, 5.41) is 3.13. The molecule has 0 aliphatic heterocycles. The minimum Gasteiger partial charge on any atom is -0.350 e. The fourth-order valence-corrected chi connectivity index (χ4v) is 2.20. The fraction of sp³-hybridized carbons (Fsp3) is 0.462. The average molecular weight is 400 g/mol. The van der Waals surface area contributed by atoms with E-state index in [1.165, 1.54) is 6.42 Å². The van der Waals surface area contributed by atoms with Crippen LogP contribution in [0.15, 0.2) is 42.6 Å². The molecule has 0 saturated heterocycles. The molecule has 3 nitrogen and oxygen atoms in total. The van der Waals surface area contributed by atoms with Crippen LogP contribution in [0.3, 0.4) is 0 Å². The highest BCUT2D eigenvalue weighted by molar-refractivity contribution is 5.84. The lowest BCUT2D eigenvalue weighted by Gasteiger charge is -2.13. The van der Waals surface area contributed by atoms with Crippen molar-refractivity contribution >= 4 is 23.1 Å². The van der Waals surface area contributed by atoms with Crippen LogP contribution in [-0.4, -0.2) is 17.9 Å². The maximum atomic E-state index is 4.70. The maximum absolute atomic E-state index is 4.70. The largest absolute Gasteiger partial charge is 0.350 e. The van der Waals surface area contributed by atoms with Crippen molar-refractivity contribution in [2.75, 3.05) is 7.05 Å². The molecular weight excluding hydrogens is 354 g/mol. The van der Waals surface area contributed by atoms with Crippen LogP contribution < -0.4 is 5.32 Å². The van der Waals surface area contributed by atoms with Crippen molar-refractivity contribution < 1.29 is 0 Å². The van der Waals surface area contributed by atoms with Gasteiger partial charge in [-0.15, -0.1) is 0 Å². The van der Waals surface area contributed by atoms with Gasteiger partial charge in [0.05, 0.1) is 11.5 Å². The van der Waals surface area contributed by atoms with Gasteiger partial charge in [-0.2, -0.15) is 0 Å². The number of aromatic nitrogens is 1. The van der Waals surface area contributed by atoms with Crippen molar-refractivity contribution in [3.8, 4) is 0 Å². The molecule has 1 rings (SSSR count). The zero-order valence-corrected chi connectivity index (χ0v) is 20.9. The molecule has 0 aliphatic carbocycles. The molecule has 1 N–H and O–H groups in total. The Morgan fingerprint density at radius 1 is 1.17 bits per heavy atom. The minimum atomic E-state index is 0.836. The zero-order valence-electron chi connectivity index (χ0n) is 20.9. The molecule has 3 heteroatoms. The predicted molar refractivity (Wildman–Crippen MR) is 137 cm³/mol. The van der Waals surface area contributed by atoms with E-state index in [2.05, 4.69) is 49.5 Å². The number of aryl methyl sites for hydroxylation is 1. The van der Waals surface area contributed by atoms with Crippen LogP contribution in [0.25, 0.3) is 17.2 Å². The van der Waals surface area contributed by atoms with Crippen LogP contribution in [0.1, 0.15) is 91.2 Å². The first-order valence-corrected chi connectivity index (χ1v) is 10.7. The SMILES string of the molecule is C=C/C(=C\NC(C)=NC)c1cc(/C=C\C)c(C(=C)C)c(C)n1.CC.CC.CCC. The highest BCUT2D eigenvalue weighted by Crippen LogP contribution is 2.25. The highest BCUT2D eigenvalue weighted by atomic mass is 15.0. The van der Waals surface area contributed by atoms with Gasteiger partial charge in [-0.05, 0) is 44.9 Å². The van der Waals surface area contributed by atoms with Gasteiger partial charge in [-0.3, -0.25) is 9.98 Å². The smallest absolute Gasteiger partial charge is 0.0967 e. The summed E-state index contributed by atoms with van der Waals surface area (Å²) in [5.41, 5.74) is 6.00. The number of aliphatic imine (C=N–C) groups is 1. The molecule has 1 heterocycles. The highest BCUT2D eigenvalue weighted by Gasteiger charge is 2.10. The third-order valence-electron chi connectivity index (χ3n) is 3.29. The standard InChI is InChI=1S/C19H25N3.C3H8.2C2H6/c1-8-10-17-11-18(22-14(5)19(17)13(3)4)16(9-2)12-21-15(6)20-7;1-3-2;2*1-2/h8-12H,2-3H2,1,4-7H3,(H,20,21);3H2,1-2H3;2*1-2H3/b10-8-,16-12+;;;. The molecule has 0 aliphatic rings. The summed E-state index contributed by atoms with van der Waals surface area (Å²) in [4.78, 5) is 8.77. The lowest BCUT2D eigenvalue weighted by Crippen LogP contribution is -2.13.